The van der Waals surface area contributed by atoms with Gasteiger partial charge < -0.3 is 9.47 Å². The molecule has 0 unspecified atom stereocenters. The van der Waals surface area contributed by atoms with E-state index in [9.17, 15) is 13.2 Å². The summed E-state index contributed by atoms with van der Waals surface area (Å²) in [5, 5.41) is 0. The van der Waals surface area contributed by atoms with Gasteiger partial charge >= 0.3 is 6.18 Å². The summed E-state index contributed by atoms with van der Waals surface area (Å²) >= 11 is 3.34. The summed E-state index contributed by atoms with van der Waals surface area (Å²) in [6.45, 7) is 1.11. The van der Waals surface area contributed by atoms with Crippen LogP contribution in [0.2, 0.25) is 0 Å². The van der Waals surface area contributed by atoms with Crippen molar-refractivity contribution >= 4 is 15.9 Å². The van der Waals surface area contributed by atoms with E-state index < -0.39 is 12.8 Å². The highest BCUT2D eigenvalue weighted by Gasteiger charge is 2.29. The number of alkyl halides is 3. The molecular weight excluding hydrogens is 351 g/mol. The summed E-state index contributed by atoms with van der Waals surface area (Å²) in [7, 11) is 1.69. The predicted octanol–water partition coefficient (Wildman–Crippen LogP) is 3.61. The smallest absolute Gasteiger partial charge is 0.422 e. The van der Waals surface area contributed by atoms with E-state index in [0.717, 1.165) is 25.1 Å². The fourth-order valence-electron chi connectivity index (χ4n) is 2.32. The summed E-state index contributed by atoms with van der Waals surface area (Å²) in [5.74, 6) is 0.215. The summed E-state index contributed by atoms with van der Waals surface area (Å²) in [6.07, 6.45) is -3.14. The molecule has 1 aromatic carbocycles. The maximum atomic E-state index is 12.2. The quantitative estimate of drug-likeness (QED) is 0.793. The molecule has 3 nitrogen and oxygen atoms in total. The van der Waals surface area contributed by atoms with Gasteiger partial charge in [0.05, 0.1) is 10.6 Å². The van der Waals surface area contributed by atoms with Crippen LogP contribution in [0.3, 0.4) is 0 Å². The second kappa shape index (κ2) is 6.98. The van der Waals surface area contributed by atoms with Gasteiger partial charge in [-0.3, -0.25) is 4.90 Å². The van der Waals surface area contributed by atoms with Crippen molar-refractivity contribution in [2.24, 2.45) is 0 Å². The average Bonchev–Trinajstić information content (AvgIpc) is 2.86. The monoisotopic (exact) mass is 367 g/mol. The van der Waals surface area contributed by atoms with Gasteiger partial charge in [0.2, 0.25) is 0 Å². The molecule has 1 fully saturated rings. The van der Waals surface area contributed by atoms with Crippen LogP contribution >= 0.6 is 15.9 Å². The van der Waals surface area contributed by atoms with E-state index in [0.29, 0.717) is 11.0 Å². The number of methoxy groups -OCH3 is 1. The van der Waals surface area contributed by atoms with E-state index in [2.05, 4.69) is 20.8 Å². The Morgan fingerprint density at radius 3 is 2.76 bits per heavy atom. The minimum atomic E-state index is -4.34. The molecule has 1 atom stereocenters. The lowest BCUT2D eigenvalue weighted by Crippen LogP contribution is -2.23. The molecule has 1 aromatic rings. The third kappa shape index (κ3) is 4.86. The van der Waals surface area contributed by atoms with Crippen LogP contribution in [0.1, 0.15) is 12.0 Å². The number of benzene rings is 1. The Morgan fingerprint density at radius 2 is 2.14 bits per heavy atom. The molecule has 2 rings (SSSR count). The molecule has 1 saturated heterocycles. The van der Waals surface area contributed by atoms with Gasteiger partial charge in [-0.1, -0.05) is 12.1 Å². The van der Waals surface area contributed by atoms with Gasteiger partial charge in [0.25, 0.3) is 0 Å². The van der Waals surface area contributed by atoms with Crippen LogP contribution in [0.15, 0.2) is 22.7 Å². The topological polar surface area (TPSA) is 21.7 Å². The van der Waals surface area contributed by atoms with Crippen LogP contribution in [-0.2, 0) is 11.3 Å². The molecule has 118 valence electrons. The zero-order valence-electron chi connectivity index (χ0n) is 11.6. The number of nitrogens with zero attached hydrogens (tertiary/aromatic N) is 1. The van der Waals surface area contributed by atoms with E-state index in [1.807, 2.05) is 6.07 Å². The van der Waals surface area contributed by atoms with Crippen LogP contribution < -0.4 is 4.74 Å². The Hall–Kier alpha value is -0.790. The first-order chi connectivity index (χ1) is 9.89. The molecule has 0 saturated carbocycles. The Labute approximate surface area is 130 Å². The Kier molecular flexibility index (Phi) is 5.51. The van der Waals surface area contributed by atoms with Gasteiger partial charge in [-0.2, -0.15) is 13.2 Å². The van der Waals surface area contributed by atoms with Crippen molar-refractivity contribution in [3.8, 4) is 5.75 Å². The van der Waals surface area contributed by atoms with E-state index in [1.54, 1.807) is 13.2 Å². The molecule has 1 aliphatic rings. The van der Waals surface area contributed by atoms with E-state index >= 15 is 0 Å². The van der Waals surface area contributed by atoms with Gasteiger partial charge in [0, 0.05) is 26.7 Å². The number of likely N-dealkylation sites (tertiary alicyclic amines) is 1. The fourth-order valence-corrected chi connectivity index (χ4v) is 2.83. The highest BCUT2D eigenvalue weighted by molar-refractivity contribution is 9.10. The average molecular weight is 368 g/mol. The standard InChI is InChI=1S/C14H17BrF3NO2/c1-20-11-5-6-19(8-11)7-10-3-2-4-12(13(10)15)21-9-14(16,17)18/h2-4,11H,5-9H2,1H3/t11-/m1/s1. The molecule has 1 heterocycles. The van der Waals surface area contributed by atoms with Crippen molar-refractivity contribution in [3.63, 3.8) is 0 Å². The van der Waals surface area contributed by atoms with Crippen LogP contribution in [0.25, 0.3) is 0 Å². The largest absolute Gasteiger partial charge is 0.483 e. The second-order valence-corrected chi connectivity index (χ2v) is 5.81. The van der Waals surface area contributed by atoms with Crippen molar-refractivity contribution in [1.29, 1.82) is 0 Å². The fraction of sp³-hybridized carbons (Fsp3) is 0.571. The molecule has 0 spiro atoms. The van der Waals surface area contributed by atoms with E-state index in [4.69, 9.17) is 9.47 Å². The molecule has 0 aromatic heterocycles. The highest BCUT2D eigenvalue weighted by Crippen LogP contribution is 2.31. The van der Waals surface area contributed by atoms with Gasteiger partial charge in [0.1, 0.15) is 5.75 Å². The molecule has 0 radical (unpaired) electrons. The molecule has 0 bridgehead atoms. The second-order valence-electron chi connectivity index (χ2n) is 5.01. The first-order valence-electron chi connectivity index (χ1n) is 6.61. The third-order valence-corrected chi connectivity index (χ3v) is 4.29. The van der Waals surface area contributed by atoms with E-state index in [1.165, 1.54) is 6.07 Å². The van der Waals surface area contributed by atoms with Crippen molar-refractivity contribution in [2.45, 2.75) is 25.2 Å². The lowest BCUT2D eigenvalue weighted by atomic mass is 10.2. The van der Waals surface area contributed by atoms with Gasteiger partial charge in [-0.05, 0) is 34.0 Å². The van der Waals surface area contributed by atoms with Gasteiger partial charge in [-0.25, -0.2) is 0 Å². The predicted molar refractivity (Wildman–Crippen MR) is 76.4 cm³/mol. The normalized spacial score (nSPS) is 20.0. The van der Waals surface area contributed by atoms with E-state index in [-0.39, 0.29) is 11.9 Å². The summed E-state index contributed by atoms with van der Waals surface area (Å²) in [5.41, 5.74) is 0.909. The van der Waals surface area contributed by atoms with Crippen LogP contribution in [-0.4, -0.2) is 44.0 Å². The zero-order chi connectivity index (χ0) is 15.5. The first kappa shape index (κ1) is 16.6. The molecule has 0 N–H and O–H groups in total. The van der Waals surface area contributed by atoms with Gasteiger partial charge in [0.15, 0.2) is 6.61 Å². The van der Waals surface area contributed by atoms with Crippen LogP contribution in [0.4, 0.5) is 13.2 Å². The number of ether oxygens (including phenoxy) is 2. The van der Waals surface area contributed by atoms with Crippen molar-refractivity contribution < 1.29 is 22.6 Å². The maximum absolute atomic E-state index is 12.2. The lowest BCUT2D eigenvalue weighted by Gasteiger charge is -2.18. The minimum absolute atomic E-state index is 0.215. The van der Waals surface area contributed by atoms with Crippen LogP contribution in [0, 0.1) is 0 Å². The third-order valence-electron chi connectivity index (χ3n) is 3.39. The number of hydrogen-bond donors (Lipinski definition) is 0. The van der Waals surface area contributed by atoms with Crippen molar-refractivity contribution in [1.82, 2.24) is 4.90 Å². The number of hydrogen-bond acceptors (Lipinski definition) is 3. The molecule has 1 aliphatic heterocycles. The molecule has 7 heteroatoms. The SMILES string of the molecule is CO[C@@H]1CCN(Cc2cccc(OCC(F)(F)F)c2Br)C1. The number of rotatable bonds is 5. The lowest BCUT2D eigenvalue weighted by molar-refractivity contribution is -0.153. The number of halogens is 4. The first-order valence-corrected chi connectivity index (χ1v) is 7.40. The van der Waals surface area contributed by atoms with Crippen molar-refractivity contribution in [2.75, 3.05) is 26.8 Å². The summed E-state index contributed by atoms with van der Waals surface area (Å²) < 4.78 is 47.4. The molecular formula is C14H17BrF3NO2. The summed E-state index contributed by atoms with van der Waals surface area (Å²) in [6, 6.07) is 5.11. The molecule has 0 amide bonds. The summed E-state index contributed by atoms with van der Waals surface area (Å²) in [4.78, 5) is 2.21. The zero-order valence-corrected chi connectivity index (χ0v) is 13.2. The molecule has 21 heavy (non-hydrogen) atoms. The highest BCUT2D eigenvalue weighted by atomic mass is 79.9. The Morgan fingerprint density at radius 1 is 1.38 bits per heavy atom. The maximum Gasteiger partial charge on any atom is 0.422 e. The Bertz CT molecular complexity index is 482. The molecule has 0 aliphatic carbocycles. The Balaban J connectivity index is 2.01. The van der Waals surface area contributed by atoms with Crippen molar-refractivity contribution in [3.05, 3.63) is 28.2 Å². The minimum Gasteiger partial charge on any atom is -0.483 e. The van der Waals surface area contributed by atoms with Crippen LogP contribution in [0.5, 0.6) is 5.75 Å². The van der Waals surface area contributed by atoms with Gasteiger partial charge in [-0.15, -0.1) is 0 Å².